The fourth-order valence-corrected chi connectivity index (χ4v) is 7.40. The maximum Gasteiger partial charge on any atom is 0.182 e. The van der Waals surface area contributed by atoms with E-state index in [1.54, 1.807) is 34.0 Å². The van der Waals surface area contributed by atoms with Crippen LogP contribution in [0.5, 0.6) is 11.5 Å². The number of thiophene rings is 3. The van der Waals surface area contributed by atoms with Crippen LogP contribution in [0.15, 0.2) is 22.9 Å². The number of aryl methyl sites for hydroxylation is 1. The van der Waals surface area contributed by atoms with Gasteiger partial charge in [0.15, 0.2) is 11.5 Å². The predicted octanol–water partition coefficient (Wildman–Crippen LogP) is 7.42. The normalized spacial score (nSPS) is 15.5. The number of hydrogen-bond donors (Lipinski definition) is 1. The molecule has 0 radical (unpaired) electrons. The molecule has 3 aromatic heterocycles. The molecule has 8 heteroatoms. The zero-order valence-corrected chi connectivity index (χ0v) is 21.6. The average Bonchev–Trinajstić information content (AvgIpc) is 3.53. The summed E-state index contributed by atoms with van der Waals surface area (Å²) in [4.78, 5) is 4.86. The van der Waals surface area contributed by atoms with Crippen LogP contribution in [0.1, 0.15) is 30.9 Å². The number of ether oxygens (including phenoxy) is 3. The van der Waals surface area contributed by atoms with E-state index in [0.717, 1.165) is 65.9 Å². The van der Waals surface area contributed by atoms with Gasteiger partial charge in [-0.25, -0.2) is 0 Å². The first-order chi connectivity index (χ1) is 15.3. The second-order valence-corrected chi connectivity index (χ2v) is 10.9. The van der Waals surface area contributed by atoms with E-state index in [-0.39, 0.29) is 6.10 Å². The Hall–Kier alpha value is -0.700. The van der Waals surface area contributed by atoms with E-state index in [4.69, 9.17) is 25.8 Å². The third-order valence-corrected chi connectivity index (χ3v) is 9.25. The first kappa shape index (κ1) is 23.5. The van der Waals surface area contributed by atoms with E-state index in [0.29, 0.717) is 12.5 Å². The van der Waals surface area contributed by atoms with Crippen molar-refractivity contribution in [3.05, 3.63) is 34.0 Å². The molecule has 0 amide bonds. The minimum Gasteiger partial charge on any atom is -0.484 e. The van der Waals surface area contributed by atoms with E-state index in [1.165, 1.54) is 20.9 Å². The zero-order chi connectivity index (χ0) is 21.6. The molecule has 0 fully saturated rings. The molecule has 3 nitrogen and oxygen atoms in total. The van der Waals surface area contributed by atoms with Crippen molar-refractivity contribution in [1.29, 1.82) is 0 Å². The largest absolute Gasteiger partial charge is 0.484 e. The van der Waals surface area contributed by atoms with Crippen LogP contribution in [0, 0.1) is 0 Å². The molecular weight excluding hydrogens is 488 g/mol. The van der Waals surface area contributed by atoms with Gasteiger partial charge in [-0.2, -0.15) is 12.6 Å². The number of unbranched alkanes of at least 4 members (excludes halogenated alkanes) is 1. The van der Waals surface area contributed by atoms with Gasteiger partial charge in [0, 0.05) is 6.61 Å². The molecule has 0 saturated carbocycles. The van der Waals surface area contributed by atoms with Crippen molar-refractivity contribution in [3.8, 4) is 31.0 Å². The van der Waals surface area contributed by atoms with Gasteiger partial charge in [-0.15, -0.1) is 45.6 Å². The van der Waals surface area contributed by atoms with Crippen molar-refractivity contribution in [2.24, 2.45) is 0 Å². The standard InChI is InChI=1S/C23H27ClO3S4/c1-2-15-6-11-29-20(15)23-19-18(26-14-17(13-24)27-19)22(31-23)21-16(7-12-30-21)5-9-25-8-3-4-10-28/h6-7,11-12,17,28H,2-5,8-10,13-14H2,1H3. The van der Waals surface area contributed by atoms with Gasteiger partial charge in [-0.3, -0.25) is 0 Å². The molecule has 4 heterocycles. The van der Waals surface area contributed by atoms with Gasteiger partial charge in [0.2, 0.25) is 0 Å². The number of rotatable bonds is 11. The molecule has 0 aliphatic carbocycles. The van der Waals surface area contributed by atoms with Gasteiger partial charge in [0.25, 0.3) is 0 Å². The van der Waals surface area contributed by atoms with Crippen molar-refractivity contribution in [2.45, 2.75) is 38.7 Å². The Bertz CT molecular complexity index is 978. The van der Waals surface area contributed by atoms with Gasteiger partial charge in [0.05, 0.1) is 32.0 Å². The van der Waals surface area contributed by atoms with Crippen LogP contribution < -0.4 is 9.47 Å². The van der Waals surface area contributed by atoms with Crippen LogP contribution in [0.25, 0.3) is 19.5 Å². The van der Waals surface area contributed by atoms with Crippen LogP contribution in [0.3, 0.4) is 0 Å². The molecule has 1 aliphatic heterocycles. The van der Waals surface area contributed by atoms with E-state index >= 15 is 0 Å². The molecule has 0 saturated heterocycles. The van der Waals surface area contributed by atoms with Gasteiger partial charge in [-0.1, -0.05) is 6.92 Å². The Kier molecular flexibility index (Phi) is 8.65. The number of thiol groups is 1. The van der Waals surface area contributed by atoms with Gasteiger partial charge < -0.3 is 14.2 Å². The van der Waals surface area contributed by atoms with E-state index in [2.05, 4.69) is 42.4 Å². The first-order valence-corrected chi connectivity index (χ1v) is 14.3. The molecule has 168 valence electrons. The minimum absolute atomic E-state index is 0.117. The van der Waals surface area contributed by atoms with Crippen LogP contribution in [-0.2, 0) is 17.6 Å². The van der Waals surface area contributed by atoms with Crippen molar-refractivity contribution in [1.82, 2.24) is 0 Å². The summed E-state index contributed by atoms with van der Waals surface area (Å²) in [5, 5.41) is 4.32. The van der Waals surface area contributed by atoms with Gasteiger partial charge >= 0.3 is 0 Å². The van der Waals surface area contributed by atoms with E-state index in [1.807, 2.05) is 0 Å². The Morgan fingerprint density at radius 2 is 1.77 bits per heavy atom. The maximum absolute atomic E-state index is 6.32. The summed E-state index contributed by atoms with van der Waals surface area (Å²) in [6.07, 6.45) is 3.94. The Morgan fingerprint density at radius 1 is 1.03 bits per heavy atom. The lowest BCUT2D eigenvalue weighted by Gasteiger charge is -2.24. The monoisotopic (exact) mass is 514 g/mol. The first-order valence-electron chi connectivity index (χ1n) is 10.6. The van der Waals surface area contributed by atoms with E-state index < -0.39 is 0 Å². The summed E-state index contributed by atoms with van der Waals surface area (Å²) in [7, 11) is 0. The summed E-state index contributed by atoms with van der Waals surface area (Å²) < 4.78 is 18.4. The van der Waals surface area contributed by atoms with Crippen LogP contribution >= 0.6 is 58.2 Å². The van der Waals surface area contributed by atoms with E-state index in [9.17, 15) is 0 Å². The second kappa shape index (κ2) is 11.4. The Labute approximate surface area is 206 Å². The fourth-order valence-electron chi connectivity index (χ4n) is 3.54. The van der Waals surface area contributed by atoms with Crippen LogP contribution in [0.4, 0.5) is 0 Å². The average molecular weight is 515 g/mol. The number of fused-ring (bicyclic) bond motifs is 1. The lowest BCUT2D eigenvalue weighted by molar-refractivity contribution is 0.109. The Morgan fingerprint density at radius 3 is 2.52 bits per heavy atom. The van der Waals surface area contributed by atoms with Crippen molar-refractivity contribution in [2.75, 3.05) is 31.5 Å². The number of halogens is 1. The minimum atomic E-state index is -0.117. The zero-order valence-electron chi connectivity index (χ0n) is 17.5. The molecule has 0 spiro atoms. The maximum atomic E-state index is 6.32. The molecule has 0 N–H and O–H groups in total. The summed E-state index contributed by atoms with van der Waals surface area (Å²) in [5.41, 5.74) is 2.65. The van der Waals surface area contributed by atoms with Crippen LogP contribution in [0.2, 0.25) is 0 Å². The summed E-state index contributed by atoms with van der Waals surface area (Å²) in [5.74, 6) is 3.07. The molecular formula is C23H27ClO3S4. The summed E-state index contributed by atoms with van der Waals surface area (Å²) in [6, 6.07) is 4.41. The molecule has 3 aromatic rings. The highest BCUT2D eigenvalue weighted by Gasteiger charge is 2.32. The number of alkyl halides is 1. The van der Waals surface area contributed by atoms with Crippen molar-refractivity contribution in [3.63, 3.8) is 0 Å². The van der Waals surface area contributed by atoms with Crippen molar-refractivity contribution >= 4 is 58.2 Å². The van der Waals surface area contributed by atoms with Crippen LogP contribution in [-0.4, -0.2) is 37.6 Å². The summed E-state index contributed by atoms with van der Waals surface area (Å²) >= 11 is 15.7. The molecule has 1 aliphatic rings. The quantitative estimate of drug-likeness (QED) is 0.164. The second-order valence-electron chi connectivity index (χ2n) is 7.32. The van der Waals surface area contributed by atoms with Gasteiger partial charge in [-0.05, 0) is 65.5 Å². The topological polar surface area (TPSA) is 27.7 Å². The lowest BCUT2D eigenvalue weighted by atomic mass is 10.1. The SMILES string of the molecule is CCc1ccsc1-c1sc(-c2sccc2CCOCCCCS)c2c1OC(CCl)CO2. The molecule has 0 bridgehead atoms. The smallest absolute Gasteiger partial charge is 0.182 e. The molecule has 4 rings (SSSR count). The molecule has 0 aromatic carbocycles. The molecule has 1 unspecified atom stereocenters. The Balaban J connectivity index is 1.62. The lowest BCUT2D eigenvalue weighted by Crippen LogP contribution is -2.30. The molecule has 31 heavy (non-hydrogen) atoms. The highest BCUT2D eigenvalue weighted by molar-refractivity contribution is 7.80. The third kappa shape index (κ3) is 5.28. The molecule has 1 atom stereocenters. The number of hydrogen-bond acceptors (Lipinski definition) is 7. The van der Waals surface area contributed by atoms with Gasteiger partial charge in [0.1, 0.15) is 12.7 Å². The fraction of sp³-hybridized carbons (Fsp3) is 0.478. The highest BCUT2D eigenvalue weighted by Crippen LogP contribution is 2.57. The third-order valence-electron chi connectivity index (χ3n) is 5.19. The van der Waals surface area contributed by atoms with Crippen molar-refractivity contribution < 1.29 is 14.2 Å². The highest BCUT2D eigenvalue weighted by atomic mass is 35.5. The summed E-state index contributed by atoms with van der Waals surface area (Å²) in [6.45, 7) is 4.21. The predicted molar refractivity (Wildman–Crippen MR) is 139 cm³/mol.